The zero-order valence-electron chi connectivity index (χ0n) is 6.60. The number of hydrogen-bond donors (Lipinski definition) is 2. The number of piperidine rings is 1. The summed E-state index contributed by atoms with van der Waals surface area (Å²) in [6.45, 7) is 0. The Morgan fingerprint density at radius 2 is 2.36 bits per heavy atom. The van der Waals surface area contributed by atoms with E-state index in [2.05, 4.69) is 10.6 Å². The standard InChI is InChI=1S/C8H14N2O/c11-6-9-8-4-1-2-7(10-8)3-5-8/h6-7,10H,1-5H2,(H,9,11). The maximum atomic E-state index is 10.3. The molecule has 0 aromatic heterocycles. The van der Waals surface area contributed by atoms with Crippen molar-refractivity contribution in [2.24, 2.45) is 0 Å². The third-order valence-corrected chi connectivity index (χ3v) is 2.89. The minimum atomic E-state index is -0.0231. The summed E-state index contributed by atoms with van der Waals surface area (Å²) in [7, 11) is 0. The summed E-state index contributed by atoms with van der Waals surface area (Å²) in [6.07, 6.45) is 6.78. The maximum Gasteiger partial charge on any atom is 0.208 e. The number of nitrogens with one attached hydrogen (secondary N) is 2. The van der Waals surface area contributed by atoms with Crippen LogP contribution in [0.15, 0.2) is 0 Å². The third-order valence-electron chi connectivity index (χ3n) is 2.89. The van der Waals surface area contributed by atoms with Gasteiger partial charge in [-0.15, -0.1) is 0 Å². The van der Waals surface area contributed by atoms with Gasteiger partial charge in [-0.05, 0) is 32.1 Å². The highest BCUT2D eigenvalue weighted by Crippen LogP contribution is 2.32. The lowest BCUT2D eigenvalue weighted by molar-refractivity contribution is -0.111. The predicted molar refractivity (Wildman–Crippen MR) is 41.9 cm³/mol. The average Bonchev–Trinajstić information content (AvgIpc) is 2.28. The molecule has 11 heavy (non-hydrogen) atoms. The molecule has 0 saturated carbocycles. The first kappa shape index (κ1) is 7.10. The van der Waals surface area contributed by atoms with E-state index in [0.29, 0.717) is 6.04 Å². The van der Waals surface area contributed by atoms with Crippen LogP contribution >= 0.6 is 0 Å². The van der Waals surface area contributed by atoms with Crippen molar-refractivity contribution in [1.29, 1.82) is 0 Å². The highest BCUT2D eigenvalue weighted by atomic mass is 16.1. The molecule has 1 amide bonds. The van der Waals surface area contributed by atoms with Crippen molar-refractivity contribution >= 4 is 6.41 Å². The Morgan fingerprint density at radius 3 is 3.18 bits per heavy atom. The Kier molecular flexibility index (Phi) is 1.60. The molecular weight excluding hydrogens is 140 g/mol. The molecule has 0 spiro atoms. The lowest BCUT2D eigenvalue weighted by Crippen LogP contribution is -2.56. The van der Waals surface area contributed by atoms with E-state index in [1.165, 1.54) is 19.3 Å². The van der Waals surface area contributed by atoms with Gasteiger partial charge in [0.05, 0.1) is 5.66 Å². The fourth-order valence-electron chi connectivity index (χ4n) is 2.32. The summed E-state index contributed by atoms with van der Waals surface area (Å²) in [5, 5.41) is 6.36. The fraction of sp³-hybridized carbons (Fsp3) is 0.875. The van der Waals surface area contributed by atoms with Crippen LogP contribution in [-0.2, 0) is 4.79 Å². The Hall–Kier alpha value is -0.570. The summed E-state index contributed by atoms with van der Waals surface area (Å²) >= 11 is 0. The number of fused-ring (bicyclic) bond motifs is 2. The average molecular weight is 154 g/mol. The molecule has 3 nitrogen and oxygen atoms in total. The lowest BCUT2D eigenvalue weighted by Gasteiger charge is -2.33. The van der Waals surface area contributed by atoms with Crippen molar-refractivity contribution in [1.82, 2.24) is 10.6 Å². The molecule has 2 aliphatic heterocycles. The number of amides is 1. The summed E-state index contributed by atoms with van der Waals surface area (Å²) in [6, 6.07) is 0.663. The topological polar surface area (TPSA) is 41.1 Å². The summed E-state index contributed by atoms with van der Waals surface area (Å²) in [5.74, 6) is 0. The number of carbonyl (C=O) groups is 1. The maximum absolute atomic E-state index is 10.3. The van der Waals surface area contributed by atoms with E-state index in [4.69, 9.17) is 0 Å². The molecule has 2 N–H and O–H groups in total. The molecule has 2 rings (SSSR count). The Morgan fingerprint density at radius 1 is 1.45 bits per heavy atom. The monoisotopic (exact) mass is 154 g/mol. The first-order valence-corrected chi connectivity index (χ1v) is 4.34. The Balaban J connectivity index is 2.06. The van der Waals surface area contributed by atoms with Gasteiger partial charge in [0.15, 0.2) is 0 Å². The van der Waals surface area contributed by atoms with Crippen LogP contribution in [-0.4, -0.2) is 18.1 Å². The van der Waals surface area contributed by atoms with E-state index < -0.39 is 0 Å². The highest BCUT2D eigenvalue weighted by molar-refractivity contribution is 5.48. The summed E-state index contributed by atoms with van der Waals surface area (Å²) in [4.78, 5) is 10.3. The van der Waals surface area contributed by atoms with Gasteiger partial charge >= 0.3 is 0 Å². The zero-order valence-corrected chi connectivity index (χ0v) is 6.60. The Bertz CT molecular complexity index is 167. The van der Waals surface area contributed by atoms with Crippen LogP contribution in [0.3, 0.4) is 0 Å². The number of carbonyl (C=O) groups excluding carboxylic acids is 1. The van der Waals surface area contributed by atoms with Crippen LogP contribution in [0.2, 0.25) is 0 Å². The van der Waals surface area contributed by atoms with Gasteiger partial charge in [-0.2, -0.15) is 0 Å². The van der Waals surface area contributed by atoms with Gasteiger partial charge in [-0.1, -0.05) is 0 Å². The molecule has 2 saturated heterocycles. The third kappa shape index (κ3) is 1.13. The fourth-order valence-corrected chi connectivity index (χ4v) is 2.32. The zero-order chi connectivity index (χ0) is 7.73. The van der Waals surface area contributed by atoms with Gasteiger partial charge in [0, 0.05) is 6.04 Å². The molecule has 2 unspecified atom stereocenters. The minimum absolute atomic E-state index is 0.0231. The van der Waals surface area contributed by atoms with E-state index in [0.717, 1.165) is 19.3 Å². The molecule has 0 aromatic rings. The molecule has 3 heteroatoms. The lowest BCUT2D eigenvalue weighted by atomic mass is 10.0. The van der Waals surface area contributed by atoms with Crippen LogP contribution in [0.25, 0.3) is 0 Å². The molecule has 0 radical (unpaired) electrons. The molecule has 62 valence electrons. The van der Waals surface area contributed by atoms with Gasteiger partial charge in [0.2, 0.25) is 6.41 Å². The van der Waals surface area contributed by atoms with Gasteiger partial charge < -0.3 is 5.32 Å². The van der Waals surface area contributed by atoms with Gasteiger partial charge in [-0.25, -0.2) is 0 Å². The molecule has 0 aliphatic carbocycles. The predicted octanol–water partition coefficient (Wildman–Crippen LogP) is 0.365. The van der Waals surface area contributed by atoms with Crippen LogP contribution < -0.4 is 10.6 Å². The van der Waals surface area contributed by atoms with Crippen LogP contribution in [0.4, 0.5) is 0 Å². The van der Waals surface area contributed by atoms with Crippen LogP contribution in [0.1, 0.15) is 32.1 Å². The molecule has 2 aliphatic rings. The van der Waals surface area contributed by atoms with E-state index in [9.17, 15) is 4.79 Å². The van der Waals surface area contributed by atoms with Crippen LogP contribution in [0.5, 0.6) is 0 Å². The number of hydrogen-bond acceptors (Lipinski definition) is 2. The highest BCUT2D eigenvalue weighted by Gasteiger charge is 2.40. The van der Waals surface area contributed by atoms with Gasteiger partial charge in [0.25, 0.3) is 0 Å². The van der Waals surface area contributed by atoms with Gasteiger partial charge in [0.1, 0.15) is 0 Å². The minimum Gasteiger partial charge on any atom is -0.341 e. The van der Waals surface area contributed by atoms with Crippen molar-refractivity contribution in [3.05, 3.63) is 0 Å². The van der Waals surface area contributed by atoms with Crippen LogP contribution in [0, 0.1) is 0 Å². The van der Waals surface area contributed by atoms with Crippen molar-refractivity contribution in [3.8, 4) is 0 Å². The molecule has 0 aromatic carbocycles. The van der Waals surface area contributed by atoms with E-state index in [-0.39, 0.29) is 5.66 Å². The largest absolute Gasteiger partial charge is 0.341 e. The van der Waals surface area contributed by atoms with Gasteiger partial charge in [-0.3, -0.25) is 10.1 Å². The van der Waals surface area contributed by atoms with Crippen molar-refractivity contribution in [2.45, 2.75) is 43.8 Å². The van der Waals surface area contributed by atoms with E-state index >= 15 is 0 Å². The molecule has 2 atom stereocenters. The molecule has 2 heterocycles. The Labute approximate surface area is 66.5 Å². The first-order valence-electron chi connectivity index (χ1n) is 4.34. The second kappa shape index (κ2) is 2.48. The number of rotatable bonds is 2. The summed E-state index contributed by atoms with van der Waals surface area (Å²) in [5.41, 5.74) is -0.0231. The van der Waals surface area contributed by atoms with Crippen molar-refractivity contribution in [3.63, 3.8) is 0 Å². The second-order valence-electron chi connectivity index (χ2n) is 3.62. The first-order chi connectivity index (χ1) is 5.35. The normalized spacial score (nSPS) is 42.0. The molecular formula is C8H14N2O. The quantitative estimate of drug-likeness (QED) is 0.564. The van der Waals surface area contributed by atoms with Crippen molar-refractivity contribution < 1.29 is 4.79 Å². The van der Waals surface area contributed by atoms with Crippen molar-refractivity contribution in [2.75, 3.05) is 0 Å². The second-order valence-corrected chi connectivity index (χ2v) is 3.62. The summed E-state index contributed by atoms with van der Waals surface area (Å²) < 4.78 is 0. The molecule has 2 fully saturated rings. The smallest absolute Gasteiger partial charge is 0.208 e. The molecule has 2 bridgehead atoms. The SMILES string of the molecule is O=CNC12CCCC(CC1)N2. The van der Waals surface area contributed by atoms with E-state index in [1.807, 2.05) is 0 Å². The van der Waals surface area contributed by atoms with E-state index in [1.54, 1.807) is 0 Å².